The lowest BCUT2D eigenvalue weighted by molar-refractivity contribution is -0.137. The smallest absolute Gasteiger partial charge is 0.335 e. The summed E-state index contributed by atoms with van der Waals surface area (Å²) in [5, 5.41) is 46.2. The SMILES string of the molecule is CC(C)(CO)C(O)C(=O)NCCCO.Nc1ccc(C(=O)O)cc1.Nc1ccc(C(=O)O)cc1. The number of aromatic carboxylic acids is 2. The van der Waals surface area contributed by atoms with Crippen LogP contribution in [0.2, 0.25) is 0 Å². The summed E-state index contributed by atoms with van der Waals surface area (Å²) in [5.41, 5.74) is 11.5. The van der Waals surface area contributed by atoms with Gasteiger partial charge in [-0.05, 0) is 55.0 Å². The van der Waals surface area contributed by atoms with Crippen molar-refractivity contribution in [1.82, 2.24) is 5.32 Å². The number of amides is 1. The van der Waals surface area contributed by atoms with Crippen molar-refractivity contribution in [3.05, 3.63) is 59.7 Å². The fourth-order valence-corrected chi connectivity index (χ4v) is 2.08. The molecule has 0 aliphatic heterocycles. The van der Waals surface area contributed by atoms with Gasteiger partial charge in [0.25, 0.3) is 0 Å². The Morgan fingerprint density at radius 2 is 1.24 bits per heavy atom. The molecular formula is C23H33N3O8. The second kappa shape index (κ2) is 15.2. The number of carboxylic acids is 2. The maximum atomic E-state index is 11.3. The average molecular weight is 480 g/mol. The van der Waals surface area contributed by atoms with Crippen LogP contribution in [0.25, 0.3) is 0 Å². The lowest BCUT2D eigenvalue weighted by atomic mass is 9.87. The molecule has 0 heterocycles. The number of hydrogen-bond acceptors (Lipinski definition) is 8. The molecule has 0 spiro atoms. The maximum absolute atomic E-state index is 11.3. The van der Waals surface area contributed by atoms with Gasteiger partial charge in [-0.1, -0.05) is 13.8 Å². The lowest BCUT2D eigenvalue weighted by Gasteiger charge is -2.27. The van der Waals surface area contributed by atoms with Gasteiger partial charge in [-0.2, -0.15) is 0 Å². The minimum absolute atomic E-state index is 0.000230. The molecule has 0 aliphatic rings. The first-order valence-corrected chi connectivity index (χ1v) is 10.2. The number of hydrogen-bond donors (Lipinski definition) is 8. The lowest BCUT2D eigenvalue weighted by Crippen LogP contribution is -2.45. The standard InChI is InChI=1S/C9H19NO4.2C7H7NO2/c1-9(2,6-12)7(13)8(14)10-4-3-5-11;2*8-6-3-1-5(2-4-6)7(9)10/h7,11-13H,3-6H2,1-2H3,(H,10,14);2*1-4H,8H2,(H,9,10). The number of benzene rings is 2. The Balaban J connectivity index is 0.000000489. The number of aliphatic hydroxyl groups excluding tert-OH is 3. The van der Waals surface area contributed by atoms with Gasteiger partial charge < -0.3 is 42.3 Å². The summed E-state index contributed by atoms with van der Waals surface area (Å²) in [5.74, 6) is -2.38. The van der Waals surface area contributed by atoms with Crippen molar-refractivity contribution in [3.8, 4) is 0 Å². The summed E-state index contributed by atoms with van der Waals surface area (Å²) in [6.07, 6.45) is -0.774. The number of aliphatic hydroxyl groups is 3. The number of nitrogen functional groups attached to an aromatic ring is 2. The van der Waals surface area contributed by atoms with Crippen molar-refractivity contribution >= 4 is 29.2 Å². The normalized spacial score (nSPS) is 11.1. The number of nitrogens with one attached hydrogen (secondary N) is 1. The van der Waals surface area contributed by atoms with E-state index in [0.29, 0.717) is 24.3 Å². The fourth-order valence-electron chi connectivity index (χ4n) is 2.08. The Labute approximate surface area is 197 Å². The summed E-state index contributed by atoms with van der Waals surface area (Å²) in [4.78, 5) is 31.8. The topological polar surface area (TPSA) is 216 Å². The molecule has 10 N–H and O–H groups in total. The van der Waals surface area contributed by atoms with Gasteiger partial charge in [0.1, 0.15) is 6.10 Å². The number of rotatable bonds is 8. The van der Waals surface area contributed by atoms with E-state index in [0.717, 1.165) is 0 Å². The number of anilines is 2. The first-order chi connectivity index (χ1) is 15.8. The van der Waals surface area contributed by atoms with Crippen molar-refractivity contribution in [2.24, 2.45) is 5.41 Å². The monoisotopic (exact) mass is 479 g/mol. The van der Waals surface area contributed by atoms with E-state index in [1.165, 1.54) is 24.3 Å². The predicted molar refractivity (Wildman–Crippen MR) is 127 cm³/mol. The summed E-state index contributed by atoms with van der Waals surface area (Å²) >= 11 is 0. The fraction of sp³-hybridized carbons (Fsp3) is 0.348. The van der Waals surface area contributed by atoms with Crippen LogP contribution < -0.4 is 16.8 Å². The molecule has 0 bridgehead atoms. The molecule has 11 nitrogen and oxygen atoms in total. The Bertz CT molecular complexity index is 844. The van der Waals surface area contributed by atoms with E-state index in [-0.39, 0.29) is 24.3 Å². The van der Waals surface area contributed by atoms with Gasteiger partial charge in [0.15, 0.2) is 0 Å². The van der Waals surface area contributed by atoms with Gasteiger partial charge >= 0.3 is 11.9 Å². The third kappa shape index (κ3) is 11.8. The molecular weight excluding hydrogens is 446 g/mol. The van der Waals surface area contributed by atoms with Crippen LogP contribution >= 0.6 is 0 Å². The van der Waals surface area contributed by atoms with Crippen LogP contribution in [0.5, 0.6) is 0 Å². The molecule has 188 valence electrons. The quantitative estimate of drug-likeness (QED) is 0.197. The molecule has 1 unspecified atom stereocenters. The highest BCUT2D eigenvalue weighted by Crippen LogP contribution is 2.19. The van der Waals surface area contributed by atoms with Gasteiger partial charge in [0.2, 0.25) is 5.91 Å². The van der Waals surface area contributed by atoms with Crippen molar-refractivity contribution in [3.63, 3.8) is 0 Å². The van der Waals surface area contributed by atoms with E-state index < -0.39 is 29.4 Å². The van der Waals surface area contributed by atoms with Gasteiger partial charge in [0, 0.05) is 29.9 Å². The largest absolute Gasteiger partial charge is 0.478 e. The van der Waals surface area contributed by atoms with Gasteiger partial charge in [-0.25, -0.2) is 9.59 Å². The van der Waals surface area contributed by atoms with Crippen molar-refractivity contribution in [2.75, 3.05) is 31.2 Å². The average Bonchev–Trinajstić information content (AvgIpc) is 2.80. The zero-order valence-corrected chi connectivity index (χ0v) is 19.1. The van der Waals surface area contributed by atoms with Crippen LogP contribution in [-0.4, -0.2) is 69.2 Å². The number of carbonyl (C=O) groups is 3. The van der Waals surface area contributed by atoms with Crippen LogP contribution in [0, 0.1) is 5.41 Å². The number of nitrogens with two attached hydrogens (primary N) is 2. The summed E-state index contributed by atoms with van der Waals surface area (Å²) in [6, 6.07) is 12.1. The second-order valence-electron chi connectivity index (χ2n) is 7.77. The van der Waals surface area contributed by atoms with E-state index in [4.69, 9.17) is 31.9 Å². The molecule has 1 amide bonds. The van der Waals surface area contributed by atoms with Gasteiger partial charge in [-0.15, -0.1) is 0 Å². The van der Waals surface area contributed by atoms with E-state index in [1.807, 2.05) is 0 Å². The van der Waals surface area contributed by atoms with E-state index in [9.17, 15) is 19.5 Å². The van der Waals surface area contributed by atoms with Crippen LogP contribution in [-0.2, 0) is 4.79 Å². The highest BCUT2D eigenvalue weighted by atomic mass is 16.4. The minimum Gasteiger partial charge on any atom is -0.478 e. The van der Waals surface area contributed by atoms with Crippen LogP contribution in [0.3, 0.4) is 0 Å². The molecule has 1 atom stereocenters. The maximum Gasteiger partial charge on any atom is 0.335 e. The molecule has 0 aliphatic carbocycles. The van der Waals surface area contributed by atoms with Gasteiger partial charge in [-0.3, -0.25) is 4.79 Å². The first-order valence-electron chi connectivity index (χ1n) is 10.2. The zero-order valence-electron chi connectivity index (χ0n) is 19.1. The van der Waals surface area contributed by atoms with Crippen LogP contribution in [0.1, 0.15) is 41.0 Å². The molecule has 0 fully saturated rings. The van der Waals surface area contributed by atoms with Crippen LogP contribution in [0.15, 0.2) is 48.5 Å². The molecule has 0 saturated heterocycles. The molecule has 2 aromatic carbocycles. The Hall–Kier alpha value is -3.67. The summed E-state index contributed by atoms with van der Waals surface area (Å²) in [6.45, 7) is 3.27. The van der Waals surface area contributed by atoms with Gasteiger partial charge in [0.05, 0.1) is 17.7 Å². The molecule has 2 rings (SSSR count). The Morgan fingerprint density at radius 3 is 1.53 bits per heavy atom. The van der Waals surface area contributed by atoms with Crippen molar-refractivity contribution in [1.29, 1.82) is 0 Å². The number of carbonyl (C=O) groups excluding carboxylic acids is 1. The van der Waals surface area contributed by atoms with E-state index in [2.05, 4.69) is 5.32 Å². The molecule has 34 heavy (non-hydrogen) atoms. The highest BCUT2D eigenvalue weighted by molar-refractivity contribution is 5.88. The molecule has 11 heteroatoms. The summed E-state index contributed by atoms with van der Waals surface area (Å²) < 4.78 is 0. The third-order valence-electron chi connectivity index (χ3n) is 4.35. The Kier molecular flexibility index (Phi) is 13.6. The predicted octanol–water partition coefficient (Wildman–Crippen LogP) is 0.798. The van der Waals surface area contributed by atoms with Crippen molar-refractivity contribution in [2.45, 2.75) is 26.4 Å². The molecule has 0 saturated carbocycles. The molecule has 2 aromatic rings. The summed E-state index contributed by atoms with van der Waals surface area (Å²) in [7, 11) is 0. The second-order valence-corrected chi connectivity index (χ2v) is 7.77. The zero-order chi connectivity index (χ0) is 26.3. The van der Waals surface area contributed by atoms with Crippen molar-refractivity contribution < 1.29 is 39.9 Å². The first kappa shape index (κ1) is 30.3. The minimum atomic E-state index is -1.23. The van der Waals surface area contributed by atoms with Crippen LogP contribution in [0.4, 0.5) is 11.4 Å². The number of carboxylic acid groups (broad SMARTS) is 2. The Morgan fingerprint density at radius 1 is 0.853 bits per heavy atom. The van der Waals surface area contributed by atoms with E-state index >= 15 is 0 Å². The highest BCUT2D eigenvalue weighted by Gasteiger charge is 2.32. The molecule has 0 aromatic heterocycles. The third-order valence-corrected chi connectivity index (χ3v) is 4.35. The van der Waals surface area contributed by atoms with E-state index in [1.54, 1.807) is 38.1 Å². The molecule has 0 radical (unpaired) electrons.